The van der Waals surface area contributed by atoms with Gasteiger partial charge in [0.05, 0.1) is 20.3 Å². The zero-order chi connectivity index (χ0) is 23.5. The molecule has 0 aliphatic heterocycles. The van der Waals surface area contributed by atoms with Gasteiger partial charge in [-0.15, -0.1) is 0 Å². The van der Waals surface area contributed by atoms with E-state index in [9.17, 15) is 9.59 Å². The fourth-order valence-electron chi connectivity index (χ4n) is 3.37. The summed E-state index contributed by atoms with van der Waals surface area (Å²) in [5.41, 5.74) is 4.13. The van der Waals surface area contributed by atoms with Gasteiger partial charge in [0.25, 0.3) is 5.91 Å². The molecule has 1 aromatic heterocycles. The van der Waals surface area contributed by atoms with Crippen LogP contribution in [0.1, 0.15) is 27.9 Å². The molecule has 172 valence electrons. The summed E-state index contributed by atoms with van der Waals surface area (Å²) in [5, 5.41) is 2.85. The van der Waals surface area contributed by atoms with E-state index in [1.807, 2.05) is 60.9 Å². The van der Waals surface area contributed by atoms with Crippen LogP contribution in [0.15, 0.2) is 73.1 Å². The van der Waals surface area contributed by atoms with Gasteiger partial charge >= 0.3 is 5.97 Å². The first-order chi connectivity index (χ1) is 16.1. The molecule has 0 aliphatic carbocycles. The van der Waals surface area contributed by atoms with Gasteiger partial charge in [0, 0.05) is 18.0 Å². The molecule has 0 aliphatic rings. The second kappa shape index (κ2) is 12.8. The Labute approximate surface area is 198 Å². The smallest absolute Gasteiger partial charge is 0.328 e. The van der Waals surface area contributed by atoms with Gasteiger partial charge in [-0.05, 0) is 58.9 Å². The molecule has 0 saturated carbocycles. The van der Waals surface area contributed by atoms with Crippen LogP contribution < -0.4 is 5.32 Å². The lowest BCUT2D eigenvalue weighted by Gasteiger charge is -2.18. The fraction of sp³-hybridized carbons (Fsp3) is 0.269. The van der Waals surface area contributed by atoms with Crippen LogP contribution in [-0.2, 0) is 27.5 Å². The first kappa shape index (κ1) is 24.5. The van der Waals surface area contributed by atoms with Crippen LogP contribution in [0.3, 0.4) is 0 Å². The molecule has 1 amide bonds. The van der Waals surface area contributed by atoms with Gasteiger partial charge in [0.1, 0.15) is 6.04 Å². The molecule has 0 saturated heterocycles. The summed E-state index contributed by atoms with van der Waals surface area (Å²) in [6, 6.07) is 18.5. The molecule has 2 aromatic carbocycles. The number of aromatic nitrogens is 1. The Kier molecular flexibility index (Phi) is 9.47. The number of hydrogen-bond acceptors (Lipinski definition) is 6. The van der Waals surface area contributed by atoms with Gasteiger partial charge in [-0.3, -0.25) is 9.78 Å². The molecular formula is C26H28N2O4S. The predicted octanol–water partition coefficient (Wildman–Crippen LogP) is 4.49. The maximum Gasteiger partial charge on any atom is 0.328 e. The third kappa shape index (κ3) is 7.17. The van der Waals surface area contributed by atoms with E-state index in [4.69, 9.17) is 9.47 Å². The Balaban J connectivity index is 1.81. The molecule has 3 rings (SSSR count). The predicted molar refractivity (Wildman–Crippen MR) is 131 cm³/mol. The fourth-order valence-corrected chi connectivity index (χ4v) is 3.84. The SMILES string of the molecule is COC(=O)C(CCSC)NC(=O)c1ccc(COCc2cccnc2)cc1-c1ccccc1. The van der Waals surface area contributed by atoms with Crippen molar-refractivity contribution < 1.29 is 19.1 Å². The Morgan fingerprint density at radius 1 is 1.03 bits per heavy atom. The minimum absolute atomic E-state index is 0.312. The van der Waals surface area contributed by atoms with Crippen LogP contribution in [-0.4, -0.2) is 42.0 Å². The van der Waals surface area contributed by atoms with Crippen LogP contribution in [0.25, 0.3) is 11.1 Å². The second-order valence-corrected chi connectivity index (χ2v) is 8.42. The summed E-state index contributed by atoms with van der Waals surface area (Å²) < 4.78 is 10.7. The molecule has 1 N–H and O–H groups in total. The van der Waals surface area contributed by atoms with Gasteiger partial charge in [-0.25, -0.2) is 4.79 Å². The Morgan fingerprint density at radius 3 is 2.52 bits per heavy atom. The molecule has 0 bridgehead atoms. The number of carbonyl (C=O) groups excluding carboxylic acids is 2. The van der Waals surface area contributed by atoms with Crippen molar-refractivity contribution in [3.05, 3.63) is 89.7 Å². The highest BCUT2D eigenvalue weighted by Crippen LogP contribution is 2.26. The molecule has 0 spiro atoms. The van der Waals surface area contributed by atoms with Gasteiger partial charge in [0.15, 0.2) is 0 Å². The normalized spacial score (nSPS) is 11.6. The van der Waals surface area contributed by atoms with Crippen LogP contribution in [0, 0.1) is 0 Å². The van der Waals surface area contributed by atoms with Crippen molar-refractivity contribution in [3.63, 3.8) is 0 Å². The Hall–Kier alpha value is -3.16. The van der Waals surface area contributed by atoms with E-state index in [0.717, 1.165) is 28.0 Å². The summed E-state index contributed by atoms with van der Waals surface area (Å²) in [6.45, 7) is 0.849. The second-order valence-electron chi connectivity index (χ2n) is 7.43. The van der Waals surface area contributed by atoms with E-state index in [2.05, 4.69) is 10.3 Å². The highest BCUT2D eigenvalue weighted by atomic mass is 32.2. The highest BCUT2D eigenvalue weighted by Gasteiger charge is 2.23. The topological polar surface area (TPSA) is 77.5 Å². The van der Waals surface area contributed by atoms with Crippen molar-refractivity contribution in [2.24, 2.45) is 0 Å². The molecule has 1 unspecified atom stereocenters. The monoisotopic (exact) mass is 464 g/mol. The maximum atomic E-state index is 13.2. The number of carbonyl (C=O) groups is 2. The number of hydrogen-bond donors (Lipinski definition) is 1. The number of benzene rings is 2. The summed E-state index contributed by atoms with van der Waals surface area (Å²) in [4.78, 5) is 29.4. The first-order valence-corrected chi connectivity index (χ1v) is 12.0. The average molecular weight is 465 g/mol. The number of amides is 1. The Morgan fingerprint density at radius 2 is 1.82 bits per heavy atom. The van der Waals surface area contributed by atoms with E-state index >= 15 is 0 Å². The average Bonchev–Trinajstić information content (AvgIpc) is 2.87. The van der Waals surface area contributed by atoms with Crippen LogP contribution in [0.2, 0.25) is 0 Å². The number of rotatable bonds is 11. The minimum atomic E-state index is -0.693. The first-order valence-electron chi connectivity index (χ1n) is 10.6. The van der Waals surface area contributed by atoms with Crippen molar-refractivity contribution >= 4 is 23.6 Å². The van der Waals surface area contributed by atoms with E-state index in [0.29, 0.717) is 25.2 Å². The van der Waals surface area contributed by atoms with E-state index < -0.39 is 12.0 Å². The number of thioether (sulfide) groups is 1. The summed E-state index contributed by atoms with van der Waals surface area (Å²) >= 11 is 1.61. The molecular weight excluding hydrogens is 436 g/mol. The van der Waals surface area contributed by atoms with Crippen LogP contribution in [0.5, 0.6) is 0 Å². The van der Waals surface area contributed by atoms with Crippen LogP contribution >= 0.6 is 11.8 Å². The highest BCUT2D eigenvalue weighted by molar-refractivity contribution is 7.98. The molecule has 7 heteroatoms. The summed E-state index contributed by atoms with van der Waals surface area (Å²) in [5.74, 6) is -0.0222. The summed E-state index contributed by atoms with van der Waals surface area (Å²) in [7, 11) is 1.33. The van der Waals surface area contributed by atoms with Crippen molar-refractivity contribution in [2.45, 2.75) is 25.7 Å². The van der Waals surface area contributed by atoms with Crippen molar-refractivity contribution in [2.75, 3.05) is 19.1 Å². The van der Waals surface area contributed by atoms with Gasteiger partial charge in [0.2, 0.25) is 0 Å². The number of pyridine rings is 1. The maximum absolute atomic E-state index is 13.2. The minimum Gasteiger partial charge on any atom is -0.467 e. The van der Waals surface area contributed by atoms with Crippen LogP contribution in [0.4, 0.5) is 0 Å². The zero-order valence-corrected chi connectivity index (χ0v) is 19.6. The molecule has 1 heterocycles. The van der Waals surface area contributed by atoms with Gasteiger partial charge < -0.3 is 14.8 Å². The van der Waals surface area contributed by atoms with E-state index in [1.165, 1.54) is 7.11 Å². The standard InChI is InChI=1S/C26H28N2O4S/c1-31-26(30)24(12-14-33-2)28-25(29)22-11-10-19(15-23(22)21-8-4-3-5-9-21)17-32-18-20-7-6-13-27-16-20/h3-11,13,15-16,24H,12,14,17-18H2,1-2H3,(H,28,29). The van der Waals surface area contributed by atoms with Crippen molar-refractivity contribution in [1.82, 2.24) is 10.3 Å². The molecule has 0 radical (unpaired) electrons. The number of nitrogens with one attached hydrogen (secondary N) is 1. The Bertz CT molecular complexity index is 1040. The van der Waals surface area contributed by atoms with Gasteiger partial charge in [-0.2, -0.15) is 11.8 Å². The zero-order valence-electron chi connectivity index (χ0n) is 18.8. The van der Waals surface area contributed by atoms with Gasteiger partial charge in [-0.1, -0.05) is 42.5 Å². The third-order valence-corrected chi connectivity index (χ3v) is 5.72. The molecule has 33 heavy (non-hydrogen) atoms. The molecule has 1 atom stereocenters. The van der Waals surface area contributed by atoms with Crippen molar-refractivity contribution in [3.8, 4) is 11.1 Å². The molecule has 3 aromatic rings. The number of ether oxygens (including phenoxy) is 2. The van der Waals surface area contributed by atoms with Crippen molar-refractivity contribution in [1.29, 1.82) is 0 Å². The number of esters is 1. The molecule has 0 fully saturated rings. The van der Waals surface area contributed by atoms with E-state index in [1.54, 1.807) is 30.2 Å². The quantitative estimate of drug-likeness (QED) is 0.421. The number of methoxy groups -OCH3 is 1. The lowest BCUT2D eigenvalue weighted by molar-refractivity contribution is -0.142. The van der Waals surface area contributed by atoms with E-state index in [-0.39, 0.29) is 5.91 Å². The number of nitrogens with zero attached hydrogens (tertiary/aromatic N) is 1. The lowest BCUT2D eigenvalue weighted by Crippen LogP contribution is -2.42. The largest absolute Gasteiger partial charge is 0.467 e. The third-order valence-electron chi connectivity index (χ3n) is 5.08. The summed E-state index contributed by atoms with van der Waals surface area (Å²) in [6.07, 6.45) is 5.96. The lowest BCUT2D eigenvalue weighted by atomic mass is 9.96. The molecule has 6 nitrogen and oxygen atoms in total.